The van der Waals surface area contributed by atoms with Crippen LogP contribution < -0.4 is 0 Å². The van der Waals surface area contributed by atoms with Crippen molar-refractivity contribution in [3.8, 4) is 11.4 Å². The first-order chi connectivity index (χ1) is 18.7. The largest absolute Gasteiger partial charge is 0.338 e. The SMILES string of the molecule is Cc1cc(C2CCN(C3CC4CCC(C3)N4CC3CC3)CC2)cc2[nH]c(-c3ccc(S(C)(=O)=O)c(F)c3)nc12. The van der Waals surface area contributed by atoms with Crippen LogP contribution in [0.3, 0.4) is 0 Å². The number of hydrogen-bond donors (Lipinski definition) is 1. The molecule has 0 spiro atoms. The number of piperidine rings is 2. The lowest BCUT2D eigenvalue weighted by Crippen LogP contribution is -2.52. The Bertz CT molecular complexity index is 1490. The number of aromatic nitrogens is 2. The molecule has 8 heteroatoms. The molecule has 1 saturated carbocycles. The second-order valence-electron chi connectivity index (χ2n) is 12.7. The van der Waals surface area contributed by atoms with Crippen LogP contribution in [-0.2, 0) is 9.84 Å². The number of H-pyrrole nitrogens is 1. The number of likely N-dealkylation sites (tertiary alicyclic amines) is 1. The van der Waals surface area contributed by atoms with Gasteiger partial charge < -0.3 is 9.88 Å². The number of aromatic amines is 1. The summed E-state index contributed by atoms with van der Waals surface area (Å²) in [6.07, 6.45) is 11.8. The smallest absolute Gasteiger partial charge is 0.178 e. The second-order valence-corrected chi connectivity index (χ2v) is 14.7. The number of halogens is 1. The molecule has 2 atom stereocenters. The molecule has 3 saturated heterocycles. The number of nitrogens with one attached hydrogen (secondary N) is 1. The fourth-order valence-electron chi connectivity index (χ4n) is 7.68. The summed E-state index contributed by atoms with van der Waals surface area (Å²) in [5.74, 6) is 1.34. The van der Waals surface area contributed by atoms with Crippen LogP contribution in [0.15, 0.2) is 35.2 Å². The van der Waals surface area contributed by atoms with Gasteiger partial charge in [0.25, 0.3) is 0 Å². The zero-order valence-electron chi connectivity index (χ0n) is 23.0. The molecule has 3 aliphatic heterocycles. The molecule has 4 aliphatic rings. The van der Waals surface area contributed by atoms with Gasteiger partial charge in [-0.1, -0.05) is 6.07 Å². The molecular weight excluding hydrogens is 511 g/mol. The quantitative estimate of drug-likeness (QED) is 0.429. The van der Waals surface area contributed by atoms with Crippen LogP contribution in [0, 0.1) is 18.7 Å². The Morgan fingerprint density at radius 1 is 0.974 bits per heavy atom. The molecule has 2 bridgehead atoms. The minimum Gasteiger partial charge on any atom is -0.338 e. The standard InChI is InChI=1S/C31H39FN4O2S/c1-19-13-23(15-28-30(19)34-31(33-28)22-5-8-29(27(32)14-22)39(2,37)38)21-9-11-35(12-10-21)26-16-24-6-7-25(17-26)36(24)18-20-3-4-20/h5,8,13-15,20-21,24-26H,3-4,6-7,9-12,16-18H2,1-2H3,(H,33,34). The molecule has 4 fully saturated rings. The third-order valence-corrected chi connectivity index (χ3v) is 11.1. The molecule has 1 aliphatic carbocycles. The van der Waals surface area contributed by atoms with Gasteiger partial charge in [-0.2, -0.15) is 0 Å². The molecule has 39 heavy (non-hydrogen) atoms. The maximum absolute atomic E-state index is 14.5. The zero-order valence-corrected chi connectivity index (χ0v) is 23.8. The van der Waals surface area contributed by atoms with Gasteiger partial charge in [-0.05, 0) is 119 Å². The van der Waals surface area contributed by atoms with Crippen molar-refractivity contribution in [2.75, 3.05) is 25.9 Å². The van der Waals surface area contributed by atoms with Gasteiger partial charge in [0.05, 0.1) is 11.0 Å². The van der Waals surface area contributed by atoms with E-state index in [1.54, 1.807) is 6.07 Å². The highest BCUT2D eigenvalue weighted by Crippen LogP contribution is 2.42. The maximum atomic E-state index is 14.5. The minimum absolute atomic E-state index is 0.288. The summed E-state index contributed by atoms with van der Waals surface area (Å²) in [6.45, 7) is 5.80. The van der Waals surface area contributed by atoms with Crippen molar-refractivity contribution in [3.63, 3.8) is 0 Å². The lowest BCUT2D eigenvalue weighted by Gasteiger charge is -2.45. The van der Waals surface area contributed by atoms with Crippen LogP contribution in [0.4, 0.5) is 4.39 Å². The first kappa shape index (κ1) is 25.7. The fourth-order valence-corrected chi connectivity index (χ4v) is 8.41. The lowest BCUT2D eigenvalue weighted by molar-refractivity contribution is 0.0438. The Hall–Kier alpha value is -2.29. The van der Waals surface area contributed by atoms with Gasteiger partial charge in [0, 0.05) is 36.5 Å². The van der Waals surface area contributed by atoms with Crippen molar-refractivity contribution in [2.24, 2.45) is 5.92 Å². The number of hydrogen-bond acceptors (Lipinski definition) is 5. The van der Waals surface area contributed by atoms with E-state index in [2.05, 4.69) is 33.8 Å². The molecule has 0 radical (unpaired) electrons. The van der Waals surface area contributed by atoms with Crippen molar-refractivity contribution in [1.29, 1.82) is 0 Å². The lowest BCUT2D eigenvalue weighted by atomic mass is 9.86. The van der Waals surface area contributed by atoms with Crippen LogP contribution in [0.25, 0.3) is 22.4 Å². The van der Waals surface area contributed by atoms with Gasteiger partial charge in [-0.3, -0.25) is 4.90 Å². The summed E-state index contributed by atoms with van der Waals surface area (Å²) in [4.78, 5) is 13.5. The molecule has 2 aromatic carbocycles. The summed E-state index contributed by atoms with van der Waals surface area (Å²) in [6, 6.07) is 11.1. The average Bonchev–Trinajstić information content (AvgIpc) is 3.56. The summed E-state index contributed by atoms with van der Waals surface area (Å²) in [5, 5.41) is 0. The topological polar surface area (TPSA) is 69.3 Å². The van der Waals surface area contributed by atoms with Gasteiger partial charge in [0.1, 0.15) is 16.5 Å². The van der Waals surface area contributed by atoms with Gasteiger partial charge >= 0.3 is 0 Å². The van der Waals surface area contributed by atoms with E-state index in [1.165, 1.54) is 88.7 Å². The van der Waals surface area contributed by atoms with Gasteiger partial charge in [-0.15, -0.1) is 0 Å². The molecular formula is C31H39FN4O2S. The number of imidazole rings is 1. The number of aryl methyl sites for hydroxylation is 1. The molecule has 6 nitrogen and oxygen atoms in total. The van der Waals surface area contributed by atoms with E-state index in [1.807, 2.05) is 0 Å². The average molecular weight is 551 g/mol. The van der Waals surface area contributed by atoms with E-state index >= 15 is 0 Å². The number of fused-ring (bicyclic) bond motifs is 3. The monoisotopic (exact) mass is 550 g/mol. The minimum atomic E-state index is -3.61. The Labute approximate surface area is 230 Å². The van der Waals surface area contributed by atoms with Crippen LogP contribution in [0.1, 0.15) is 68.4 Å². The summed E-state index contributed by atoms with van der Waals surface area (Å²) in [7, 11) is -3.61. The normalized spacial score (nSPS) is 27.0. The van der Waals surface area contributed by atoms with E-state index in [0.717, 1.165) is 46.9 Å². The van der Waals surface area contributed by atoms with Crippen LogP contribution in [0.5, 0.6) is 0 Å². The molecule has 2 unspecified atom stereocenters. The van der Waals surface area contributed by atoms with E-state index < -0.39 is 15.7 Å². The summed E-state index contributed by atoms with van der Waals surface area (Å²) >= 11 is 0. The molecule has 4 heterocycles. The van der Waals surface area contributed by atoms with E-state index in [-0.39, 0.29) is 4.90 Å². The van der Waals surface area contributed by atoms with E-state index in [9.17, 15) is 12.8 Å². The van der Waals surface area contributed by atoms with E-state index in [4.69, 9.17) is 4.98 Å². The number of nitrogens with zero attached hydrogens (tertiary/aromatic N) is 3. The maximum Gasteiger partial charge on any atom is 0.178 e. The highest BCUT2D eigenvalue weighted by molar-refractivity contribution is 7.90. The first-order valence-corrected chi connectivity index (χ1v) is 16.6. The van der Waals surface area contributed by atoms with Crippen molar-refractivity contribution >= 4 is 20.9 Å². The summed E-state index contributed by atoms with van der Waals surface area (Å²) < 4.78 is 38.1. The fraction of sp³-hybridized carbons (Fsp3) is 0.581. The van der Waals surface area contributed by atoms with Crippen LogP contribution in [0.2, 0.25) is 0 Å². The third kappa shape index (κ3) is 4.93. The number of rotatable bonds is 6. The van der Waals surface area contributed by atoms with Crippen molar-refractivity contribution in [3.05, 3.63) is 47.3 Å². The molecule has 3 aromatic rings. The Morgan fingerprint density at radius 2 is 1.69 bits per heavy atom. The van der Waals surface area contributed by atoms with E-state index in [0.29, 0.717) is 17.3 Å². The van der Waals surface area contributed by atoms with Crippen LogP contribution >= 0.6 is 0 Å². The highest BCUT2D eigenvalue weighted by atomic mass is 32.2. The van der Waals surface area contributed by atoms with Crippen molar-refractivity contribution < 1.29 is 12.8 Å². The van der Waals surface area contributed by atoms with Crippen LogP contribution in [-0.4, -0.2) is 72.2 Å². The Kier molecular flexibility index (Phi) is 6.36. The van der Waals surface area contributed by atoms with Gasteiger partial charge in [-0.25, -0.2) is 17.8 Å². The molecule has 7 rings (SSSR count). The summed E-state index contributed by atoms with van der Waals surface area (Å²) in [5.41, 5.74) is 4.84. The predicted molar refractivity (Wildman–Crippen MR) is 152 cm³/mol. The molecule has 1 aromatic heterocycles. The predicted octanol–water partition coefficient (Wildman–Crippen LogP) is 5.67. The molecule has 208 valence electrons. The highest BCUT2D eigenvalue weighted by Gasteiger charge is 2.44. The Balaban J connectivity index is 1.04. The number of benzene rings is 2. The van der Waals surface area contributed by atoms with Gasteiger partial charge in [0.15, 0.2) is 9.84 Å². The second kappa shape index (κ2) is 9.67. The third-order valence-electron chi connectivity index (χ3n) is 9.95. The van der Waals surface area contributed by atoms with Gasteiger partial charge in [0.2, 0.25) is 0 Å². The first-order valence-electron chi connectivity index (χ1n) is 14.7. The zero-order chi connectivity index (χ0) is 26.9. The van der Waals surface area contributed by atoms with Crippen molar-refractivity contribution in [1.82, 2.24) is 19.8 Å². The Morgan fingerprint density at radius 3 is 2.33 bits per heavy atom. The van der Waals surface area contributed by atoms with Crippen molar-refractivity contribution in [2.45, 2.75) is 87.2 Å². The number of sulfone groups is 1. The molecule has 1 N–H and O–H groups in total. The molecule has 0 amide bonds.